The minimum atomic E-state index is -0.404. The number of Topliss-reactive ketones (excluding diaryl/α,β-unsaturated/α-hetero) is 1. The summed E-state index contributed by atoms with van der Waals surface area (Å²) in [6.07, 6.45) is 0. The van der Waals surface area contributed by atoms with Gasteiger partial charge in [0.05, 0.1) is 0 Å². The van der Waals surface area contributed by atoms with Crippen molar-refractivity contribution in [3.05, 3.63) is 29.8 Å². The Morgan fingerprint density at radius 3 is 2.06 bits per heavy atom. The summed E-state index contributed by atoms with van der Waals surface area (Å²) in [6.45, 7) is 5.36. The topological polar surface area (TPSA) is 72.2 Å². The first-order chi connectivity index (χ1) is 7.91. The van der Waals surface area contributed by atoms with E-state index in [1.54, 1.807) is 24.3 Å². The van der Waals surface area contributed by atoms with Crippen LogP contribution in [0.2, 0.25) is 0 Å². The summed E-state index contributed by atoms with van der Waals surface area (Å²) in [6, 6.07) is 6.59. The van der Waals surface area contributed by atoms with Crippen LogP contribution in [0.1, 0.15) is 31.1 Å². The molecule has 0 aliphatic rings. The van der Waals surface area contributed by atoms with Gasteiger partial charge in [-0.05, 0) is 37.1 Å². The van der Waals surface area contributed by atoms with Crippen LogP contribution in [0, 0.1) is 5.92 Å². The number of ketones is 1. The van der Waals surface area contributed by atoms with Gasteiger partial charge in [-0.3, -0.25) is 9.59 Å². The summed E-state index contributed by atoms with van der Waals surface area (Å²) < 4.78 is 0. The largest absolute Gasteiger partial charge is 0.373 e. The molecule has 1 atom stereocenters. The van der Waals surface area contributed by atoms with Crippen molar-refractivity contribution in [1.29, 1.82) is 0 Å². The lowest BCUT2D eigenvalue weighted by Crippen LogP contribution is -2.39. The van der Waals surface area contributed by atoms with Gasteiger partial charge in [0.25, 0.3) is 0 Å². The van der Waals surface area contributed by atoms with Crippen LogP contribution in [0.4, 0.5) is 5.69 Å². The van der Waals surface area contributed by atoms with E-state index in [-0.39, 0.29) is 17.6 Å². The van der Waals surface area contributed by atoms with Crippen LogP contribution >= 0.6 is 0 Å². The van der Waals surface area contributed by atoms with E-state index in [2.05, 4.69) is 5.32 Å². The number of amides is 1. The van der Waals surface area contributed by atoms with Crippen LogP contribution < -0.4 is 11.1 Å². The third-order valence-corrected chi connectivity index (χ3v) is 2.59. The fourth-order valence-electron chi connectivity index (χ4n) is 1.55. The Kier molecular flexibility index (Phi) is 4.26. The molecule has 0 bridgehead atoms. The van der Waals surface area contributed by atoms with E-state index in [0.29, 0.717) is 5.56 Å². The van der Waals surface area contributed by atoms with Gasteiger partial charge in [-0.2, -0.15) is 0 Å². The summed E-state index contributed by atoms with van der Waals surface area (Å²) in [4.78, 5) is 22.3. The van der Waals surface area contributed by atoms with Crippen molar-refractivity contribution < 1.29 is 9.59 Å². The Morgan fingerprint density at radius 1 is 1.18 bits per heavy atom. The van der Waals surface area contributed by atoms with Gasteiger partial charge in [-0.15, -0.1) is 0 Å². The number of benzene rings is 1. The van der Waals surface area contributed by atoms with Gasteiger partial charge in [-0.25, -0.2) is 0 Å². The lowest BCUT2D eigenvalue weighted by Gasteiger charge is -2.20. The lowest BCUT2D eigenvalue weighted by molar-refractivity contribution is -0.119. The number of carbonyl (C=O) groups excluding carboxylic acids is 2. The number of hydrogen-bond acceptors (Lipinski definition) is 3. The van der Waals surface area contributed by atoms with Gasteiger partial charge in [-0.1, -0.05) is 13.8 Å². The molecule has 0 aliphatic carbocycles. The summed E-state index contributed by atoms with van der Waals surface area (Å²) in [5.74, 6) is -0.248. The minimum absolute atomic E-state index is 0.0202. The van der Waals surface area contributed by atoms with E-state index in [4.69, 9.17) is 5.73 Å². The summed E-state index contributed by atoms with van der Waals surface area (Å²) in [5, 5.41) is 3.06. The monoisotopic (exact) mass is 234 g/mol. The first-order valence-electron chi connectivity index (χ1n) is 5.58. The van der Waals surface area contributed by atoms with E-state index in [1.807, 2.05) is 13.8 Å². The predicted octanol–water partition coefficient (Wildman–Crippen LogP) is 1.81. The Balaban J connectivity index is 2.80. The normalized spacial score (nSPS) is 12.2. The van der Waals surface area contributed by atoms with E-state index < -0.39 is 6.04 Å². The van der Waals surface area contributed by atoms with Gasteiger partial charge in [0, 0.05) is 11.3 Å². The molecule has 0 saturated heterocycles. The molecule has 92 valence electrons. The minimum Gasteiger partial charge on any atom is -0.373 e. The molecule has 1 aromatic carbocycles. The van der Waals surface area contributed by atoms with E-state index >= 15 is 0 Å². The van der Waals surface area contributed by atoms with Gasteiger partial charge < -0.3 is 11.1 Å². The molecular weight excluding hydrogens is 216 g/mol. The molecule has 1 amide bonds. The first kappa shape index (κ1) is 13.2. The second-order valence-corrected chi connectivity index (χ2v) is 4.40. The molecule has 0 aromatic heterocycles. The Morgan fingerprint density at radius 2 is 1.71 bits per heavy atom. The molecule has 1 aromatic rings. The second kappa shape index (κ2) is 5.48. The maximum absolute atomic E-state index is 11.2. The van der Waals surface area contributed by atoms with Crippen molar-refractivity contribution in [3.63, 3.8) is 0 Å². The van der Waals surface area contributed by atoms with Crippen molar-refractivity contribution in [2.24, 2.45) is 11.7 Å². The molecule has 0 aliphatic heterocycles. The maximum Gasteiger partial charge on any atom is 0.240 e. The Labute approximate surface area is 101 Å². The number of primary amides is 1. The fourth-order valence-corrected chi connectivity index (χ4v) is 1.55. The third kappa shape index (κ3) is 3.59. The zero-order valence-electron chi connectivity index (χ0n) is 10.4. The number of hydrogen-bond donors (Lipinski definition) is 2. The zero-order valence-corrected chi connectivity index (χ0v) is 10.4. The molecule has 4 heteroatoms. The molecule has 4 nitrogen and oxygen atoms in total. The van der Waals surface area contributed by atoms with Crippen molar-refractivity contribution in [2.45, 2.75) is 26.8 Å². The first-order valence-corrected chi connectivity index (χ1v) is 5.58. The highest BCUT2D eigenvalue weighted by Gasteiger charge is 2.18. The molecule has 0 spiro atoms. The summed E-state index contributed by atoms with van der Waals surface area (Å²) >= 11 is 0. The van der Waals surface area contributed by atoms with Crippen LogP contribution in [0.25, 0.3) is 0 Å². The van der Waals surface area contributed by atoms with Crippen molar-refractivity contribution in [3.8, 4) is 0 Å². The van der Waals surface area contributed by atoms with Gasteiger partial charge >= 0.3 is 0 Å². The van der Waals surface area contributed by atoms with E-state index in [0.717, 1.165) is 5.69 Å². The maximum atomic E-state index is 11.2. The summed E-state index contributed by atoms with van der Waals surface area (Å²) in [5.41, 5.74) is 6.74. The number of rotatable bonds is 5. The second-order valence-electron chi connectivity index (χ2n) is 4.40. The van der Waals surface area contributed by atoms with Crippen molar-refractivity contribution in [1.82, 2.24) is 0 Å². The third-order valence-electron chi connectivity index (χ3n) is 2.59. The number of carbonyl (C=O) groups is 2. The smallest absolute Gasteiger partial charge is 0.240 e. The lowest BCUT2D eigenvalue weighted by atomic mass is 10.0. The van der Waals surface area contributed by atoms with E-state index in [1.165, 1.54) is 6.92 Å². The van der Waals surface area contributed by atoms with E-state index in [9.17, 15) is 9.59 Å². The highest BCUT2D eigenvalue weighted by molar-refractivity contribution is 5.94. The SMILES string of the molecule is CC(=O)c1ccc(NC(C(N)=O)C(C)C)cc1. The quantitative estimate of drug-likeness (QED) is 0.763. The predicted molar refractivity (Wildman–Crippen MR) is 67.9 cm³/mol. The molecule has 0 heterocycles. The number of nitrogens with one attached hydrogen (secondary N) is 1. The van der Waals surface area contributed by atoms with Gasteiger partial charge in [0.15, 0.2) is 5.78 Å². The standard InChI is InChI=1S/C13H18N2O2/c1-8(2)12(13(14)17)15-11-6-4-10(5-7-11)9(3)16/h4-8,12,15H,1-3H3,(H2,14,17). The summed E-state index contributed by atoms with van der Waals surface area (Å²) in [7, 11) is 0. The zero-order chi connectivity index (χ0) is 13.0. The van der Waals surface area contributed by atoms with Gasteiger partial charge in [0.1, 0.15) is 6.04 Å². The molecule has 1 unspecified atom stereocenters. The average molecular weight is 234 g/mol. The molecule has 1 rings (SSSR count). The molecule has 17 heavy (non-hydrogen) atoms. The highest BCUT2D eigenvalue weighted by atomic mass is 16.1. The van der Waals surface area contributed by atoms with Crippen molar-refractivity contribution >= 4 is 17.4 Å². The Hall–Kier alpha value is -1.84. The van der Waals surface area contributed by atoms with Crippen LogP contribution in [0.15, 0.2) is 24.3 Å². The van der Waals surface area contributed by atoms with Crippen molar-refractivity contribution in [2.75, 3.05) is 5.32 Å². The van der Waals surface area contributed by atoms with Crippen LogP contribution in [-0.2, 0) is 4.79 Å². The molecule has 0 fully saturated rings. The van der Waals surface area contributed by atoms with Crippen LogP contribution in [0.5, 0.6) is 0 Å². The molecule has 0 radical (unpaired) electrons. The average Bonchev–Trinajstić information content (AvgIpc) is 2.25. The molecular formula is C13H18N2O2. The Bertz CT molecular complexity index is 410. The fraction of sp³-hybridized carbons (Fsp3) is 0.385. The molecule has 3 N–H and O–H groups in total. The van der Waals surface area contributed by atoms with Gasteiger partial charge in [0.2, 0.25) is 5.91 Å². The highest BCUT2D eigenvalue weighted by Crippen LogP contribution is 2.14. The number of nitrogens with two attached hydrogens (primary N) is 1. The molecule has 0 saturated carbocycles. The van der Waals surface area contributed by atoms with Crippen LogP contribution in [0.3, 0.4) is 0 Å². The number of anilines is 1. The van der Waals surface area contributed by atoms with Crippen LogP contribution in [-0.4, -0.2) is 17.7 Å².